The molecule has 15 heavy (non-hydrogen) atoms. The molecule has 1 atom stereocenters. The summed E-state index contributed by atoms with van der Waals surface area (Å²) < 4.78 is 5.47. The number of aliphatic hydroxyl groups is 1. The molecule has 2 rings (SSSR count). The maximum atomic E-state index is 10.3. The molecule has 1 aliphatic rings. The molecule has 0 radical (unpaired) electrons. The van der Waals surface area contributed by atoms with Crippen LogP contribution in [0, 0.1) is 6.92 Å². The minimum absolute atomic E-state index is 0.324. The van der Waals surface area contributed by atoms with Gasteiger partial charge in [-0.25, -0.2) is 0 Å². The third-order valence-electron chi connectivity index (χ3n) is 3.50. The SMILES string of the molecule is COC1(C(O)c2ccc(C)cc2)CCC1. The van der Waals surface area contributed by atoms with E-state index >= 15 is 0 Å². The average Bonchev–Trinajstić information content (AvgIpc) is 2.18. The monoisotopic (exact) mass is 206 g/mol. The van der Waals surface area contributed by atoms with E-state index in [0.29, 0.717) is 0 Å². The zero-order chi connectivity index (χ0) is 10.9. The lowest BCUT2D eigenvalue weighted by Crippen LogP contribution is -2.45. The second-order valence-electron chi connectivity index (χ2n) is 4.44. The Kier molecular flexibility index (Phi) is 2.81. The summed E-state index contributed by atoms with van der Waals surface area (Å²) in [7, 11) is 1.69. The van der Waals surface area contributed by atoms with Gasteiger partial charge in [-0.05, 0) is 31.7 Å². The minimum atomic E-state index is -0.489. The second-order valence-corrected chi connectivity index (χ2v) is 4.44. The first kappa shape index (κ1) is 10.7. The summed E-state index contributed by atoms with van der Waals surface area (Å²) in [5.74, 6) is 0. The quantitative estimate of drug-likeness (QED) is 0.823. The van der Waals surface area contributed by atoms with Crippen molar-refractivity contribution < 1.29 is 9.84 Å². The van der Waals surface area contributed by atoms with Crippen LogP contribution < -0.4 is 0 Å². The van der Waals surface area contributed by atoms with Crippen molar-refractivity contribution in [2.75, 3.05) is 7.11 Å². The number of aryl methyl sites for hydroxylation is 1. The van der Waals surface area contributed by atoms with Crippen molar-refractivity contribution in [2.24, 2.45) is 0 Å². The summed E-state index contributed by atoms with van der Waals surface area (Å²) in [6, 6.07) is 8.03. The zero-order valence-corrected chi connectivity index (χ0v) is 9.36. The largest absolute Gasteiger partial charge is 0.385 e. The van der Waals surface area contributed by atoms with Crippen LogP contribution in [-0.4, -0.2) is 17.8 Å². The van der Waals surface area contributed by atoms with Crippen LogP contribution in [0.3, 0.4) is 0 Å². The van der Waals surface area contributed by atoms with Gasteiger partial charge >= 0.3 is 0 Å². The number of methoxy groups -OCH3 is 1. The number of aliphatic hydroxyl groups excluding tert-OH is 1. The van der Waals surface area contributed by atoms with E-state index in [1.807, 2.05) is 31.2 Å². The molecule has 0 saturated heterocycles. The van der Waals surface area contributed by atoms with E-state index in [-0.39, 0.29) is 5.60 Å². The van der Waals surface area contributed by atoms with Crippen LogP contribution in [0.1, 0.15) is 36.5 Å². The Morgan fingerprint density at radius 3 is 2.27 bits per heavy atom. The average molecular weight is 206 g/mol. The van der Waals surface area contributed by atoms with Crippen molar-refractivity contribution in [1.29, 1.82) is 0 Å². The van der Waals surface area contributed by atoms with Gasteiger partial charge in [-0.15, -0.1) is 0 Å². The molecule has 0 bridgehead atoms. The fraction of sp³-hybridized carbons (Fsp3) is 0.538. The van der Waals surface area contributed by atoms with Crippen molar-refractivity contribution in [3.8, 4) is 0 Å². The highest BCUT2D eigenvalue weighted by atomic mass is 16.5. The predicted molar refractivity (Wildman–Crippen MR) is 59.7 cm³/mol. The predicted octanol–water partition coefficient (Wildman–Crippen LogP) is 2.60. The van der Waals surface area contributed by atoms with Crippen LogP contribution in [0.2, 0.25) is 0 Å². The number of ether oxygens (including phenoxy) is 1. The molecule has 1 N–H and O–H groups in total. The van der Waals surface area contributed by atoms with Gasteiger partial charge in [0.15, 0.2) is 0 Å². The van der Waals surface area contributed by atoms with Gasteiger partial charge in [0.2, 0.25) is 0 Å². The van der Waals surface area contributed by atoms with E-state index in [1.165, 1.54) is 5.56 Å². The summed E-state index contributed by atoms with van der Waals surface area (Å²) in [6.07, 6.45) is 2.57. The van der Waals surface area contributed by atoms with Crippen LogP contribution in [0.25, 0.3) is 0 Å². The summed E-state index contributed by atoms with van der Waals surface area (Å²) in [4.78, 5) is 0. The van der Waals surface area contributed by atoms with E-state index in [9.17, 15) is 5.11 Å². The van der Waals surface area contributed by atoms with E-state index < -0.39 is 6.10 Å². The molecular weight excluding hydrogens is 188 g/mol. The normalized spacial score (nSPS) is 20.7. The standard InChI is InChI=1S/C13H18O2/c1-10-4-6-11(7-5-10)12(14)13(15-2)8-3-9-13/h4-7,12,14H,3,8-9H2,1-2H3. The summed E-state index contributed by atoms with van der Waals surface area (Å²) >= 11 is 0. The van der Waals surface area contributed by atoms with E-state index in [1.54, 1.807) is 7.11 Å². The first-order valence-electron chi connectivity index (χ1n) is 5.48. The number of benzene rings is 1. The van der Waals surface area contributed by atoms with E-state index in [2.05, 4.69) is 0 Å². The van der Waals surface area contributed by atoms with Crippen LogP contribution >= 0.6 is 0 Å². The Balaban J connectivity index is 2.19. The Morgan fingerprint density at radius 1 is 1.27 bits per heavy atom. The molecule has 0 aliphatic heterocycles. The van der Waals surface area contributed by atoms with Gasteiger partial charge in [0, 0.05) is 7.11 Å². The minimum Gasteiger partial charge on any atom is -0.385 e. The van der Waals surface area contributed by atoms with Crippen LogP contribution in [-0.2, 0) is 4.74 Å². The summed E-state index contributed by atoms with van der Waals surface area (Å²) in [6.45, 7) is 2.05. The van der Waals surface area contributed by atoms with Gasteiger partial charge in [-0.2, -0.15) is 0 Å². The molecule has 1 fully saturated rings. The van der Waals surface area contributed by atoms with Gasteiger partial charge in [0.25, 0.3) is 0 Å². The molecule has 1 saturated carbocycles. The van der Waals surface area contributed by atoms with Crippen molar-refractivity contribution in [1.82, 2.24) is 0 Å². The number of hydrogen-bond donors (Lipinski definition) is 1. The smallest absolute Gasteiger partial charge is 0.108 e. The number of rotatable bonds is 3. The topological polar surface area (TPSA) is 29.5 Å². The van der Waals surface area contributed by atoms with Crippen LogP contribution in [0.15, 0.2) is 24.3 Å². The van der Waals surface area contributed by atoms with Crippen molar-refractivity contribution >= 4 is 0 Å². The Labute approximate surface area is 90.9 Å². The van der Waals surface area contributed by atoms with Crippen molar-refractivity contribution in [3.05, 3.63) is 35.4 Å². The molecule has 0 heterocycles. The lowest BCUT2D eigenvalue weighted by atomic mass is 9.73. The number of hydrogen-bond acceptors (Lipinski definition) is 2. The van der Waals surface area contributed by atoms with Crippen molar-refractivity contribution in [2.45, 2.75) is 37.9 Å². The maximum Gasteiger partial charge on any atom is 0.108 e. The zero-order valence-electron chi connectivity index (χ0n) is 9.36. The molecule has 0 amide bonds. The molecule has 1 unspecified atom stereocenters. The van der Waals surface area contributed by atoms with E-state index in [0.717, 1.165) is 24.8 Å². The fourth-order valence-electron chi connectivity index (χ4n) is 2.17. The molecule has 1 aromatic carbocycles. The highest BCUT2D eigenvalue weighted by Gasteiger charge is 2.44. The Morgan fingerprint density at radius 2 is 1.87 bits per heavy atom. The third kappa shape index (κ3) is 1.80. The lowest BCUT2D eigenvalue weighted by molar-refractivity contribution is -0.151. The van der Waals surface area contributed by atoms with Crippen LogP contribution in [0.4, 0.5) is 0 Å². The van der Waals surface area contributed by atoms with Gasteiger partial charge in [-0.1, -0.05) is 29.8 Å². The second kappa shape index (κ2) is 3.95. The Hall–Kier alpha value is -0.860. The summed E-state index contributed by atoms with van der Waals surface area (Å²) in [5, 5.41) is 10.3. The van der Waals surface area contributed by atoms with Gasteiger partial charge in [0.05, 0.1) is 5.60 Å². The van der Waals surface area contributed by atoms with E-state index in [4.69, 9.17) is 4.74 Å². The Bertz CT molecular complexity index is 319. The first-order chi connectivity index (χ1) is 7.18. The fourth-order valence-corrected chi connectivity index (χ4v) is 2.17. The molecule has 0 spiro atoms. The third-order valence-corrected chi connectivity index (χ3v) is 3.50. The van der Waals surface area contributed by atoms with Gasteiger partial charge in [-0.3, -0.25) is 0 Å². The van der Waals surface area contributed by atoms with Crippen LogP contribution in [0.5, 0.6) is 0 Å². The molecule has 1 aromatic rings. The first-order valence-corrected chi connectivity index (χ1v) is 5.48. The van der Waals surface area contributed by atoms with Gasteiger partial charge in [0.1, 0.15) is 6.10 Å². The lowest BCUT2D eigenvalue weighted by Gasteiger charge is -2.44. The molecular formula is C13H18O2. The molecule has 0 aromatic heterocycles. The summed E-state index contributed by atoms with van der Waals surface area (Å²) in [5.41, 5.74) is 1.85. The molecule has 2 nitrogen and oxygen atoms in total. The van der Waals surface area contributed by atoms with Crippen molar-refractivity contribution in [3.63, 3.8) is 0 Å². The molecule has 2 heteroatoms. The highest BCUT2D eigenvalue weighted by Crippen LogP contribution is 2.44. The maximum absolute atomic E-state index is 10.3. The molecule has 1 aliphatic carbocycles. The van der Waals surface area contributed by atoms with Gasteiger partial charge < -0.3 is 9.84 Å². The highest BCUT2D eigenvalue weighted by molar-refractivity contribution is 5.25. The molecule has 82 valence electrons.